The number of methoxy groups -OCH3 is 1. The number of hydrogen-bond acceptors (Lipinski definition) is 4. The van der Waals surface area contributed by atoms with Crippen LogP contribution in [0, 0.1) is 0 Å². The van der Waals surface area contributed by atoms with E-state index in [0.717, 1.165) is 4.90 Å². The van der Waals surface area contributed by atoms with Gasteiger partial charge in [-0.15, -0.1) is 0 Å². The Bertz CT molecular complexity index is 392. The van der Waals surface area contributed by atoms with Gasteiger partial charge in [0, 0.05) is 20.7 Å². The van der Waals surface area contributed by atoms with E-state index in [4.69, 9.17) is 9.84 Å². The molecule has 1 rings (SSSR count). The van der Waals surface area contributed by atoms with Gasteiger partial charge in [-0.05, 0) is 20.3 Å². The first-order chi connectivity index (χ1) is 8.75. The Morgan fingerprint density at radius 3 is 2.74 bits per heavy atom. The highest BCUT2D eigenvalue weighted by Gasteiger charge is 2.27. The monoisotopic (exact) mass is 271 g/mol. The van der Waals surface area contributed by atoms with Gasteiger partial charge in [0.05, 0.1) is 24.3 Å². The summed E-state index contributed by atoms with van der Waals surface area (Å²) in [6.45, 7) is 4.51. The summed E-state index contributed by atoms with van der Waals surface area (Å²) in [5, 5.41) is 14.3. The third kappa shape index (κ3) is 4.51. The number of rotatable bonds is 6. The third-order valence-corrected chi connectivity index (χ3v) is 3.13. The number of carbonyl (C=O) groups excluding carboxylic acids is 1. The third-order valence-electron chi connectivity index (χ3n) is 3.13. The molecule has 19 heavy (non-hydrogen) atoms. The molecule has 0 atom stereocenters. The van der Waals surface area contributed by atoms with Crippen molar-refractivity contribution in [3.05, 3.63) is 0 Å². The van der Waals surface area contributed by atoms with Crippen LogP contribution in [0.5, 0.6) is 0 Å². The van der Waals surface area contributed by atoms with Gasteiger partial charge < -0.3 is 14.7 Å². The number of carboxylic acid groups (broad SMARTS) is 1. The molecule has 7 heteroatoms. The van der Waals surface area contributed by atoms with Crippen molar-refractivity contribution in [1.82, 2.24) is 9.91 Å². The minimum atomic E-state index is -1.03. The maximum Gasteiger partial charge on any atom is 0.407 e. The summed E-state index contributed by atoms with van der Waals surface area (Å²) < 4.78 is 5.28. The smallest absolute Gasteiger partial charge is 0.407 e. The summed E-state index contributed by atoms with van der Waals surface area (Å²) in [6.07, 6.45) is -0.180. The van der Waals surface area contributed by atoms with Crippen molar-refractivity contribution in [2.75, 3.05) is 27.2 Å². The first-order valence-electron chi connectivity index (χ1n) is 6.11. The van der Waals surface area contributed by atoms with E-state index in [-0.39, 0.29) is 24.5 Å². The summed E-state index contributed by atoms with van der Waals surface area (Å²) in [6, 6.07) is 0. The van der Waals surface area contributed by atoms with Gasteiger partial charge in [0.2, 0.25) is 5.91 Å². The van der Waals surface area contributed by atoms with Crippen LogP contribution in [0.25, 0.3) is 0 Å². The summed E-state index contributed by atoms with van der Waals surface area (Å²) in [4.78, 5) is 23.6. The molecule has 108 valence electrons. The molecule has 2 amide bonds. The average molecular weight is 271 g/mol. The maximum atomic E-state index is 11.7. The van der Waals surface area contributed by atoms with Crippen LogP contribution in [0.3, 0.4) is 0 Å². The number of carbonyl (C=O) groups is 2. The van der Waals surface area contributed by atoms with Gasteiger partial charge in [-0.25, -0.2) is 9.80 Å². The lowest BCUT2D eigenvalue weighted by atomic mass is 10.1. The minimum Gasteiger partial charge on any atom is -0.465 e. The van der Waals surface area contributed by atoms with Crippen molar-refractivity contribution in [2.24, 2.45) is 5.10 Å². The number of amides is 2. The van der Waals surface area contributed by atoms with Crippen molar-refractivity contribution < 1.29 is 19.4 Å². The molecule has 1 N–H and O–H groups in total. The van der Waals surface area contributed by atoms with E-state index >= 15 is 0 Å². The highest BCUT2D eigenvalue weighted by atomic mass is 16.5. The van der Waals surface area contributed by atoms with E-state index in [1.54, 1.807) is 7.11 Å². The molecule has 0 aromatic heterocycles. The van der Waals surface area contributed by atoms with Crippen LogP contribution in [0.4, 0.5) is 4.79 Å². The van der Waals surface area contributed by atoms with E-state index in [1.165, 1.54) is 12.1 Å². The number of hydrazone groups is 1. The highest BCUT2D eigenvalue weighted by molar-refractivity contribution is 6.06. The molecule has 0 aliphatic carbocycles. The van der Waals surface area contributed by atoms with Gasteiger partial charge in [0.1, 0.15) is 0 Å². The first kappa shape index (κ1) is 15.4. The number of ether oxygens (including phenoxy) is 1. The van der Waals surface area contributed by atoms with E-state index in [9.17, 15) is 9.59 Å². The second-order valence-corrected chi connectivity index (χ2v) is 5.21. The summed E-state index contributed by atoms with van der Waals surface area (Å²) >= 11 is 0. The summed E-state index contributed by atoms with van der Waals surface area (Å²) in [5.74, 6) is -0.0966. The van der Waals surface area contributed by atoms with Crippen molar-refractivity contribution in [1.29, 1.82) is 0 Å². The first-order valence-corrected chi connectivity index (χ1v) is 6.11. The van der Waals surface area contributed by atoms with Gasteiger partial charge in [0.25, 0.3) is 0 Å². The van der Waals surface area contributed by atoms with E-state index in [1.807, 2.05) is 13.8 Å². The van der Waals surface area contributed by atoms with Crippen molar-refractivity contribution >= 4 is 17.7 Å². The van der Waals surface area contributed by atoms with Crippen LogP contribution in [0.1, 0.15) is 26.7 Å². The summed E-state index contributed by atoms with van der Waals surface area (Å²) in [7, 11) is 3.08. The van der Waals surface area contributed by atoms with E-state index in [2.05, 4.69) is 5.10 Å². The standard InChI is InChI=1S/C12H21N3O4/c1-12(2,19-4)5-6-15-10(16)7-9(13-15)8-14(3)11(17)18/h5-8H2,1-4H3,(H,17,18). The molecule has 0 saturated carbocycles. The summed E-state index contributed by atoms with van der Waals surface area (Å²) in [5.41, 5.74) is 0.265. The van der Waals surface area contributed by atoms with Crippen LogP contribution in [0.15, 0.2) is 5.10 Å². The Morgan fingerprint density at radius 1 is 1.58 bits per heavy atom. The normalized spacial score (nSPS) is 15.7. The number of hydrogen-bond donors (Lipinski definition) is 1. The average Bonchev–Trinajstić information content (AvgIpc) is 2.67. The fraction of sp³-hybridized carbons (Fsp3) is 0.750. The van der Waals surface area contributed by atoms with Gasteiger partial charge in [-0.2, -0.15) is 5.10 Å². The molecule has 0 unspecified atom stereocenters. The molecule has 0 saturated heterocycles. The Labute approximate surface area is 112 Å². The highest BCUT2D eigenvalue weighted by Crippen LogP contribution is 2.16. The predicted molar refractivity (Wildman–Crippen MR) is 70.1 cm³/mol. The second kappa shape index (κ2) is 6.01. The molecule has 0 aromatic rings. The zero-order chi connectivity index (χ0) is 14.6. The molecule has 7 nitrogen and oxygen atoms in total. The Morgan fingerprint density at radius 2 is 2.21 bits per heavy atom. The van der Waals surface area contributed by atoms with Crippen molar-refractivity contribution in [3.63, 3.8) is 0 Å². The van der Waals surface area contributed by atoms with E-state index in [0.29, 0.717) is 18.7 Å². The van der Waals surface area contributed by atoms with Gasteiger partial charge in [-0.3, -0.25) is 4.79 Å². The topological polar surface area (TPSA) is 82.4 Å². The zero-order valence-electron chi connectivity index (χ0n) is 11.8. The molecule has 0 aromatic carbocycles. The molecule has 0 spiro atoms. The molecule has 1 heterocycles. The van der Waals surface area contributed by atoms with Gasteiger partial charge >= 0.3 is 6.09 Å². The lowest BCUT2D eigenvalue weighted by Crippen LogP contribution is -2.31. The molecule has 1 aliphatic heterocycles. The zero-order valence-corrected chi connectivity index (χ0v) is 11.8. The molecule has 0 radical (unpaired) electrons. The largest absolute Gasteiger partial charge is 0.465 e. The fourth-order valence-electron chi connectivity index (χ4n) is 1.61. The Balaban J connectivity index is 2.54. The SMILES string of the molecule is COC(C)(C)CCN1N=C(CN(C)C(=O)O)CC1=O. The van der Waals surface area contributed by atoms with Crippen LogP contribution in [-0.4, -0.2) is 65.6 Å². The molecule has 0 fully saturated rings. The van der Waals surface area contributed by atoms with Crippen LogP contribution >= 0.6 is 0 Å². The second-order valence-electron chi connectivity index (χ2n) is 5.21. The molecule has 0 bridgehead atoms. The fourth-order valence-corrected chi connectivity index (χ4v) is 1.61. The van der Waals surface area contributed by atoms with Gasteiger partial charge in [-0.1, -0.05) is 0 Å². The predicted octanol–water partition coefficient (Wildman–Crippen LogP) is 1.000. The Kier molecular flexibility index (Phi) is 4.88. The minimum absolute atomic E-state index is 0.0966. The van der Waals surface area contributed by atoms with Crippen LogP contribution in [-0.2, 0) is 9.53 Å². The Hall–Kier alpha value is -1.63. The lowest BCUT2D eigenvalue weighted by molar-refractivity contribution is -0.129. The molecular formula is C12H21N3O4. The van der Waals surface area contributed by atoms with Crippen molar-refractivity contribution in [3.8, 4) is 0 Å². The maximum absolute atomic E-state index is 11.7. The lowest BCUT2D eigenvalue weighted by Gasteiger charge is -2.24. The quantitative estimate of drug-likeness (QED) is 0.781. The van der Waals surface area contributed by atoms with E-state index < -0.39 is 6.09 Å². The molecule has 1 aliphatic rings. The van der Waals surface area contributed by atoms with Crippen molar-refractivity contribution in [2.45, 2.75) is 32.3 Å². The number of nitrogens with zero attached hydrogens (tertiary/aromatic N) is 3. The van der Waals surface area contributed by atoms with Gasteiger partial charge in [0.15, 0.2) is 0 Å². The molecular weight excluding hydrogens is 250 g/mol. The van der Waals surface area contributed by atoms with Crippen LogP contribution < -0.4 is 0 Å². The van der Waals surface area contributed by atoms with Crippen LogP contribution in [0.2, 0.25) is 0 Å².